The molecule has 0 fully saturated rings. The van der Waals surface area contributed by atoms with E-state index in [9.17, 15) is 14.7 Å². The molecule has 0 heterocycles. The maximum absolute atomic E-state index is 11.9. The zero-order valence-electron chi connectivity index (χ0n) is 12.2. The number of carbonyl (C=O) groups excluding carboxylic acids is 1. The van der Waals surface area contributed by atoms with Gasteiger partial charge < -0.3 is 15.7 Å². The zero-order valence-corrected chi connectivity index (χ0v) is 12.2. The van der Waals surface area contributed by atoms with E-state index in [0.29, 0.717) is 5.69 Å². The highest BCUT2D eigenvalue weighted by molar-refractivity contribution is 5.92. The molecule has 22 heavy (non-hydrogen) atoms. The van der Waals surface area contributed by atoms with Crippen LogP contribution in [0, 0.1) is 6.92 Å². The zero-order chi connectivity index (χ0) is 15.9. The monoisotopic (exact) mass is 298 g/mol. The highest BCUT2D eigenvalue weighted by Gasteiger charge is 2.20. The van der Waals surface area contributed by atoms with Gasteiger partial charge in [0.25, 0.3) is 0 Å². The molecular formula is C17H18N2O3. The number of rotatable bonds is 5. The van der Waals surface area contributed by atoms with Gasteiger partial charge in [0.15, 0.2) is 0 Å². The molecular weight excluding hydrogens is 280 g/mol. The molecule has 0 aliphatic rings. The van der Waals surface area contributed by atoms with Gasteiger partial charge in [0.2, 0.25) is 0 Å². The number of nitrogens with one attached hydrogen (secondary N) is 2. The van der Waals surface area contributed by atoms with Crippen molar-refractivity contribution in [3.05, 3.63) is 65.7 Å². The topological polar surface area (TPSA) is 78.4 Å². The number of anilines is 1. The van der Waals surface area contributed by atoms with Crippen molar-refractivity contribution in [3.8, 4) is 0 Å². The molecule has 3 N–H and O–H groups in total. The number of benzene rings is 2. The lowest BCUT2D eigenvalue weighted by Crippen LogP contribution is -2.44. The molecule has 2 aromatic rings. The average molecular weight is 298 g/mol. The van der Waals surface area contributed by atoms with Crippen molar-refractivity contribution < 1.29 is 14.7 Å². The van der Waals surface area contributed by atoms with Gasteiger partial charge in [-0.15, -0.1) is 0 Å². The first-order valence-corrected chi connectivity index (χ1v) is 6.95. The Kier molecular flexibility index (Phi) is 5.14. The smallest absolute Gasteiger partial charge is 0.326 e. The van der Waals surface area contributed by atoms with E-state index in [1.54, 1.807) is 12.1 Å². The average Bonchev–Trinajstić information content (AvgIpc) is 2.50. The van der Waals surface area contributed by atoms with Crippen LogP contribution in [0.1, 0.15) is 11.1 Å². The van der Waals surface area contributed by atoms with Crippen LogP contribution in [-0.2, 0) is 11.2 Å². The summed E-state index contributed by atoms with van der Waals surface area (Å²) in [6.45, 7) is 1.95. The molecule has 2 rings (SSSR count). The van der Waals surface area contributed by atoms with Crippen LogP contribution in [-0.4, -0.2) is 23.1 Å². The second-order valence-electron chi connectivity index (χ2n) is 5.05. The lowest BCUT2D eigenvalue weighted by atomic mass is 10.1. The van der Waals surface area contributed by atoms with Crippen molar-refractivity contribution >= 4 is 17.7 Å². The summed E-state index contributed by atoms with van der Waals surface area (Å²) in [7, 11) is 0. The van der Waals surface area contributed by atoms with Gasteiger partial charge in [0.05, 0.1) is 0 Å². The van der Waals surface area contributed by atoms with Gasteiger partial charge in [-0.2, -0.15) is 0 Å². The molecule has 0 saturated carbocycles. The van der Waals surface area contributed by atoms with Crippen molar-refractivity contribution in [1.29, 1.82) is 0 Å². The molecule has 0 aromatic heterocycles. The van der Waals surface area contributed by atoms with Gasteiger partial charge in [-0.05, 0) is 24.6 Å². The van der Waals surface area contributed by atoms with Gasteiger partial charge in [0.1, 0.15) is 6.04 Å². The molecule has 0 spiro atoms. The van der Waals surface area contributed by atoms with E-state index in [1.165, 1.54) is 0 Å². The SMILES string of the molecule is Cc1ccc(NC(=O)N[C@@H](Cc2ccccc2)C(=O)O)cc1. The van der Waals surface area contributed by atoms with Crippen LogP contribution in [0.25, 0.3) is 0 Å². The minimum atomic E-state index is -1.07. The fraction of sp³-hybridized carbons (Fsp3) is 0.176. The number of urea groups is 1. The fourth-order valence-electron chi connectivity index (χ4n) is 2.01. The highest BCUT2D eigenvalue weighted by Crippen LogP contribution is 2.09. The van der Waals surface area contributed by atoms with Crippen molar-refractivity contribution in [3.63, 3.8) is 0 Å². The summed E-state index contributed by atoms with van der Waals surface area (Å²) >= 11 is 0. The normalized spacial score (nSPS) is 11.5. The number of carboxylic acid groups (broad SMARTS) is 1. The summed E-state index contributed by atoms with van der Waals surface area (Å²) in [4.78, 5) is 23.2. The number of aryl methyl sites for hydroxylation is 1. The van der Waals surface area contributed by atoms with Crippen LogP contribution in [0.2, 0.25) is 0 Å². The van der Waals surface area contributed by atoms with E-state index in [-0.39, 0.29) is 6.42 Å². The molecule has 5 heteroatoms. The number of carbonyl (C=O) groups is 2. The number of carboxylic acids is 1. The Balaban J connectivity index is 1.97. The Morgan fingerprint density at radius 1 is 1.05 bits per heavy atom. The fourth-order valence-corrected chi connectivity index (χ4v) is 2.01. The predicted molar refractivity (Wildman–Crippen MR) is 84.9 cm³/mol. The third kappa shape index (κ3) is 4.63. The number of hydrogen-bond acceptors (Lipinski definition) is 2. The summed E-state index contributed by atoms with van der Waals surface area (Å²) in [6, 6.07) is 14.9. The second kappa shape index (κ2) is 7.26. The maximum atomic E-state index is 11.9. The van der Waals surface area contributed by atoms with Gasteiger partial charge in [-0.3, -0.25) is 0 Å². The van der Waals surface area contributed by atoms with E-state index in [4.69, 9.17) is 0 Å². The van der Waals surface area contributed by atoms with Crippen molar-refractivity contribution in [2.45, 2.75) is 19.4 Å². The Bertz CT molecular complexity index is 639. The lowest BCUT2D eigenvalue weighted by molar-refractivity contribution is -0.139. The van der Waals surface area contributed by atoms with Gasteiger partial charge in [-0.1, -0.05) is 48.0 Å². The van der Waals surface area contributed by atoms with Crippen LogP contribution in [0.15, 0.2) is 54.6 Å². The van der Waals surface area contributed by atoms with E-state index in [1.807, 2.05) is 49.4 Å². The van der Waals surface area contributed by atoms with Crippen LogP contribution in [0.4, 0.5) is 10.5 Å². The van der Waals surface area contributed by atoms with Gasteiger partial charge in [0, 0.05) is 12.1 Å². The molecule has 5 nitrogen and oxygen atoms in total. The third-order valence-corrected chi connectivity index (χ3v) is 3.20. The highest BCUT2D eigenvalue weighted by atomic mass is 16.4. The Labute approximate surface area is 129 Å². The molecule has 114 valence electrons. The van der Waals surface area contributed by atoms with E-state index in [0.717, 1.165) is 11.1 Å². The Hall–Kier alpha value is -2.82. The first-order valence-electron chi connectivity index (χ1n) is 6.95. The quantitative estimate of drug-likeness (QED) is 0.794. The molecule has 0 aliphatic carbocycles. The Morgan fingerprint density at radius 3 is 2.27 bits per heavy atom. The van der Waals surface area contributed by atoms with E-state index >= 15 is 0 Å². The molecule has 0 unspecified atom stereocenters. The molecule has 2 aromatic carbocycles. The van der Waals surface area contributed by atoms with Crippen molar-refractivity contribution in [2.75, 3.05) is 5.32 Å². The van der Waals surface area contributed by atoms with E-state index in [2.05, 4.69) is 10.6 Å². The van der Waals surface area contributed by atoms with E-state index < -0.39 is 18.0 Å². The van der Waals surface area contributed by atoms with Crippen LogP contribution >= 0.6 is 0 Å². The van der Waals surface area contributed by atoms with Gasteiger partial charge in [-0.25, -0.2) is 9.59 Å². The minimum Gasteiger partial charge on any atom is -0.480 e. The predicted octanol–water partition coefficient (Wildman–Crippen LogP) is 2.81. The maximum Gasteiger partial charge on any atom is 0.326 e. The molecule has 0 radical (unpaired) electrons. The molecule has 0 saturated heterocycles. The third-order valence-electron chi connectivity index (χ3n) is 3.20. The van der Waals surface area contributed by atoms with Crippen molar-refractivity contribution in [2.24, 2.45) is 0 Å². The summed E-state index contributed by atoms with van der Waals surface area (Å²) < 4.78 is 0. The first kappa shape index (κ1) is 15.6. The Morgan fingerprint density at radius 2 is 1.68 bits per heavy atom. The van der Waals surface area contributed by atoms with Crippen LogP contribution in [0.3, 0.4) is 0 Å². The lowest BCUT2D eigenvalue weighted by Gasteiger charge is -2.15. The standard InChI is InChI=1S/C17H18N2O3/c1-12-7-9-14(10-8-12)18-17(22)19-15(16(20)21)11-13-5-3-2-4-6-13/h2-10,15H,11H2,1H3,(H,20,21)(H2,18,19,22)/t15-/m0/s1. The number of amides is 2. The van der Waals surface area contributed by atoms with Crippen LogP contribution in [0.5, 0.6) is 0 Å². The van der Waals surface area contributed by atoms with Crippen LogP contribution < -0.4 is 10.6 Å². The molecule has 0 bridgehead atoms. The van der Waals surface area contributed by atoms with Gasteiger partial charge >= 0.3 is 12.0 Å². The summed E-state index contributed by atoms with van der Waals surface area (Å²) in [5.74, 6) is -1.07. The number of aliphatic carboxylic acids is 1. The van der Waals surface area contributed by atoms with Crippen molar-refractivity contribution in [1.82, 2.24) is 5.32 Å². The summed E-state index contributed by atoms with van der Waals surface area (Å²) in [5.41, 5.74) is 2.55. The largest absolute Gasteiger partial charge is 0.480 e. The summed E-state index contributed by atoms with van der Waals surface area (Å²) in [5, 5.41) is 14.3. The second-order valence-corrected chi connectivity index (χ2v) is 5.05. The minimum absolute atomic E-state index is 0.234. The first-order chi connectivity index (χ1) is 10.5. The molecule has 1 atom stereocenters. The molecule has 2 amide bonds. The molecule has 0 aliphatic heterocycles. The number of hydrogen-bond donors (Lipinski definition) is 3. The summed E-state index contributed by atoms with van der Waals surface area (Å²) in [6.07, 6.45) is 0.234.